The van der Waals surface area contributed by atoms with Crippen molar-refractivity contribution in [2.75, 3.05) is 27.9 Å². The van der Waals surface area contributed by atoms with Crippen molar-refractivity contribution in [1.82, 2.24) is 4.57 Å². The molecule has 0 saturated carbocycles. The Morgan fingerprint density at radius 2 is 1.72 bits per heavy atom. The summed E-state index contributed by atoms with van der Waals surface area (Å²) in [6, 6.07) is 16.2. The minimum atomic E-state index is -0.745. The Labute approximate surface area is 229 Å². The first kappa shape index (κ1) is 26.2. The molecule has 0 fully saturated rings. The lowest BCUT2D eigenvalue weighted by Crippen LogP contribution is -2.40. The van der Waals surface area contributed by atoms with Gasteiger partial charge < -0.3 is 18.9 Å². The maximum absolute atomic E-state index is 14.1. The highest BCUT2D eigenvalue weighted by molar-refractivity contribution is 7.07. The van der Waals surface area contributed by atoms with Gasteiger partial charge in [-0.2, -0.15) is 0 Å². The van der Waals surface area contributed by atoms with Gasteiger partial charge in [0.25, 0.3) is 5.56 Å². The molecule has 0 amide bonds. The van der Waals surface area contributed by atoms with Crippen molar-refractivity contribution in [1.29, 1.82) is 0 Å². The maximum atomic E-state index is 14.1. The number of fused-ring (bicyclic) bond motifs is 2. The Balaban J connectivity index is 1.81. The van der Waals surface area contributed by atoms with E-state index in [-0.39, 0.29) is 12.2 Å². The molecule has 1 aliphatic rings. The Morgan fingerprint density at radius 3 is 2.41 bits per heavy atom. The van der Waals surface area contributed by atoms with E-state index in [0.717, 1.165) is 16.3 Å². The number of hydrogen-bond donors (Lipinski definition) is 0. The average molecular weight is 545 g/mol. The van der Waals surface area contributed by atoms with E-state index in [0.29, 0.717) is 43.4 Å². The number of methoxy groups -OCH3 is 3. The molecule has 4 aromatic rings. The average Bonchev–Trinajstić information content (AvgIpc) is 3.25. The van der Waals surface area contributed by atoms with E-state index in [9.17, 15) is 9.59 Å². The molecule has 1 aromatic heterocycles. The van der Waals surface area contributed by atoms with Crippen LogP contribution >= 0.6 is 11.3 Å². The SMILES string of the molecule is CCOC(=O)C1=C(C)N=c2sc(=Cc3cc(OC)ccc3OC)c(=O)n2[C@@H]1c1ccc(OC)c2ccccc12. The van der Waals surface area contributed by atoms with E-state index in [1.165, 1.54) is 11.3 Å². The topological polar surface area (TPSA) is 88.4 Å². The Hall–Kier alpha value is -4.37. The zero-order valence-electron chi connectivity index (χ0n) is 22.3. The van der Waals surface area contributed by atoms with Gasteiger partial charge in [0.2, 0.25) is 0 Å². The first-order valence-corrected chi connectivity index (χ1v) is 13.2. The van der Waals surface area contributed by atoms with Gasteiger partial charge in [-0.25, -0.2) is 9.79 Å². The second-order valence-electron chi connectivity index (χ2n) is 8.81. The van der Waals surface area contributed by atoms with Crippen molar-refractivity contribution in [3.8, 4) is 17.2 Å². The van der Waals surface area contributed by atoms with Crippen LogP contribution in [0.5, 0.6) is 17.2 Å². The Kier molecular flexibility index (Phi) is 7.26. The summed E-state index contributed by atoms with van der Waals surface area (Å²) in [5.41, 5.74) is 2.02. The molecule has 1 atom stereocenters. The van der Waals surface area contributed by atoms with Crippen LogP contribution in [0.1, 0.15) is 31.0 Å². The largest absolute Gasteiger partial charge is 0.497 e. The third-order valence-electron chi connectivity index (χ3n) is 6.67. The van der Waals surface area contributed by atoms with Crippen LogP contribution in [0.25, 0.3) is 16.8 Å². The smallest absolute Gasteiger partial charge is 0.338 e. The summed E-state index contributed by atoms with van der Waals surface area (Å²) in [5, 5.41) is 1.74. The molecule has 8 nitrogen and oxygen atoms in total. The number of aromatic nitrogens is 1. The van der Waals surface area contributed by atoms with E-state index in [1.807, 2.05) is 36.4 Å². The Morgan fingerprint density at radius 1 is 1.00 bits per heavy atom. The van der Waals surface area contributed by atoms with Crippen molar-refractivity contribution in [3.05, 3.63) is 96.7 Å². The van der Waals surface area contributed by atoms with Gasteiger partial charge in [-0.3, -0.25) is 9.36 Å². The number of thiazole rings is 1. The predicted octanol–water partition coefficient (Wildman–Crippen LogP) is 3.98. The monoisotopic (exact) mass is 544 g/mol. The molecule has 0 bridgehead atoms. The second kappa shape index (κ2) is 10.8. The van der Waals surface area contributed by atoms with Gasteiger partial charge in [0.1, 0.15) is 17.2 Å². The van der Waals surface area contributed by atoms with Crippen LogP contribution in [-0.2, 0) is 9.53 Å². The molecule has 0 aliphatic carbocycles. The predicted molar refractivity (Wildman–Crippen MR) is 150 cm³/mol. The number of esters is 1. The number of ether oxygens (including phenoxy) is 4. The van der Waals surface area contributed by atoms with Crippen LogP contribution in [0, 0.1) is 0 Å². The number of nitrogens with zero attached hydrogens (tertiary/aromatic N) is 2. The number of rotatable bonds is 7. The minimum absolute atomic E-state index is 0.200. The number of carbonyl (C=O) groups is 1. The third-order valence-corrected chi connectivity index (χ3v) is 7.66. The number of allylic oxidation sites excluding steroid dienone is 1. The third kappa shape index (κ3) is 4.59. The first-order valence-electron chi connectivity index (χ1n) is 12.4. The van der Waals surface area contributed by atoms with Crippen molar-refractivity contribution < 1.29 is 23.7 Å². The summed E-state index contributed by atoms with van der Waals surface area (Å²) in [7, 11) is 4.77. The molecule has 200 valence electrons. The highest BCUT2D eigenvalue weighted by atomic mass is 32.1. The summed E-state index contributed by atoms with van der Waals surface area (Å²) in [6.07, 6.45) is 1.76. The molecule has 0 spiro atoms. The van der Waals surface area contributed by atoms with Gasteiger partial charge in [-0.05, 0) is 55.1 Å². The van der Waals surface area contributed by atoms with Crippen LogP contribution in [0.15, 0.2) is 75.7 Å². The van der Waals surface area contributed by atoms with Crippen LogP contribution < -0.4 is 29.1 Å². The van der Waals surface area contributed by atoms with Crippen LogP contribution in [0.2, 0.25) is 0 Å². The van der Waals surface area contributed by atoms with E-state index in [1.54, 1.807) is 64.0 Å². The van der Waals surface area contributed by atoms with Gasteiger partial charge >= 0.3 is 5.97 Å². The highest BCUT2D eigenvalue weighted by Gasteiger charge is 2.34. The zero-order valence-corrected chi connectivity index (χ0v) is 23.1. The van der Waals surface area contributed by atoms with Crippen LogP contribution in [0.3, 0.4) is 0 Å². The van der Waals surface area contributed by atoms with Gasteiger partial charge in [-0.15, -0.1) is 0 Å². The fraction of sp³-hybridized carbons (Fsp3) is 0.233. The van der Waals surface area contributed by atoms with Crippen molar-refractivity contribution in [3.63, 3.8) is 0 Å². The summed E-state index contributed by atoms with van der Waals surface area (Å²) < 4.78 is 23.9. The molecule has 0 N–H and O–H groups in total. The molecule has 0 unspecified atom stereocenters. The zero-order chi connectivity index (χ0) is 27.7. The maximum Gasteiger partial charge on any atom is 0.338 e. The van der Waals surface area contributed by atoms with Gasteiger partial charge in [-0.1, -0.05) is 41.7 Å². The van der Waals surface area contributed by atoms with Gasteiger partial charge in [0, 0.05) is 10.9 Å². The molecule has 5 rings (SSSR count). The number of benzene rings is 3. The minimum Gasteiger partial charge on any atom is -0.497 e. The van der Waals surface area contributed by atoms with E-state index < -0.39 is 12.0 Å². The van der Waals surface area contributed by atoms with E-state index in [4.69, 9.17) is 18.9 Å². The Bertz CT molecular complexity index is 1800. The van der Waals surface area contributed by atoms with E-state index >= 15 is 0 Å². The summed E-state index contributed by atoms with van der Waals surface area (Å²) in [5.74, 6) is 1.43. The van der Waals surface area contributed by atoms with E-state index in [2.05, 4.69) is 4.99 Å². The second-order valence-corrected chi connectivity index (χ2v) is 9.82. The normalized spacial score (nSPS) is 15.1. The quantitative estimate of drug-likeness (QED) is 0.327. The van der Waals surface area contributed by atoms with Crippen molar-refractivity contribution in [2.24, 2.45) is 4.99 Å². The fourth-order valence-corrected chi connectivity index (χ4v) is 5.93. The summed E-state index contributed by atoms with van der Waals surface area (Å²) in [4.78, 5) is 32.5. The molecule has 2 heterocycles. The first-order chi connectivity index (χ1) is 18.9. The summed E-state index contributed by atoms with van der Waals surface area (Å²) in [6.45, 7) is 3.72. The summed E-state index contributed by atoms with van der Waals surface area (Å²) >= 11 is 1.25. The lowest BCUT2D eigenvalue weighted by molar-refractivity contribution is -0.139. The lowest BCUT2D eigenvalue weighted by Gasteiger charge is -2.26. The van der Waals surface area contributed by atoms with Gasteiger partial charge in [0.15, 0.2) is 4.80 Å². The molecule has 9 heteroatoms. The molecular formula is C30H28N2O6S. The fourth-order valence-electron chi connectivity index (χ4n) is 4.89. The van der Waals surface area contributed by atoms with Crippen molar-refractivity contribution in [2.45, 2.75) is 19.9 Å². The molecule has 39 heavy (non-hydrogen) atoms. The highest BCUT2D eigenvalue weighted by Crippen LogP contribution is 2.38. The lowest BCUT2D eigenvalue weighted by atomic mass is 9.91. The number of carbonyl (C=O) groups excluding carboxylic acids is 1. The van der Waals surface area contributed by atoms with Gasteiger partial charge in [0.05, 0.1) is 49.8 Å². The standard InChI is InChI=1S/C30H28N2O6S/c1-6-38-29(34)26-17(2)31-30-32(27(26)22-12-14-24(37-5)21-10-8-7-9-20(21)22)28(33)25(39-30)16-18-15-19(35-3)11-13-23(18)36-4/h7-16,27H,6H2,1-5H3/t27-/m1/s1. The molecular weight excluding hydrogens is 516 g/mol. The molecule has 0 radical (unpaired) electrons. The molecule has 3 aromatic carbocycles. The van der Waals surface area contributed by atoms with Crippen LogP contribution in [0.4, 0.5) is 0 Å². The van der Waals surface area contributed by atoms with Crippen molar-refractivity contribution >= 4 is 34.2 Å². The van der Waals surface area contributed by atoms with Crippen LogP contribution in [-0.4, -0.2) is 38.5 Å². The molecule has 0 saturated heterocycles. The molecule has 1 aliphatic heterocycles. The number of hydrogen-bond acceptors (Lipinski definition) is 8.